The Morgan fingerprint density at radius 1 is 1.26 bits per heavy atom. The zero-order valence-corrected chi connectivity index (χ0v) is 13.8. The van der Waals surface area contributed by atoms with Crippen LogP contribution in [0.4, 0.5) is 0 Å². The summed E-state index contributed by atoms with van der Waals surface area (Å²) in [6, 6.07) is 9.83. The number of aryl methyl sites for hydroxylation is 1. The molecule has 23 heavy (non-hydrogen) atoms. The molecule has 0 saturated heterocycles. The van der Waals surface area contributed by atoms with Crippen molar-refractivity contribution in [2.75, 3.05) is 0 Å². The summed E-state index contributed by atoms with van der Waals surface area (Å²) in [6.45, 7) is 2.34. The molecule has 1 aromatic carbocycles. The molecule has 1 aliphatic rings. The van der Waals surface area contributed by atoms with E-state index in [1.54, 1.807) is 0 Å². The zero-order chi connectivity index (χ0) is 16.2. The first-order valence-corrected chi connectivity index (χ1v) is 8.50. The molecule has 0 bridgehead atoms. The van der Waals surface area contributed by atoms with Crippen molar-refractivity contribution in [1.82, 2.24) is 10.3 Å². The number of rotatable bonds is 5. The lowest BCUT2D eigenvalue weighted by atomic mass is 10.00. The van der Waals surface area contributed by atoms with Gasteiger partial charge in [0.1, 0.15) is 5.01 Å². The second-order valence-electron chi connectivity index (χ2n) is 5.58. The second kappa shape index (κ2) is 6.87. The van der Waals surface area contributed by atoms with E-state index in [1.807, 2.05) is 42.6 Å². The van der Waals surface area contributed by atoms with Crippen LogP contribution in [0.5, 0.6) is 0 Å². The highest BCUT2D eigenvalue weighted by Gasteiger charge is 2.25. The van der Waals surface area contributed by atoms with E-state index in [1.165, 1.54) is 11.3 Å². The number of thiazole rings is 1. The third-order valence-electron chi connectivity index (χ3n) is 3.87. The Morgan fingerprint density at radius 2 is 2.04 bits per heavy atom. The van der Waals surface area contributed by atoms with Gasteiger partial charge in [-0.3, -0.25) is 9.59 Å². The van der Waals surface area contributed by atoms with Gasteiger partial charge in [-0.1, -0.05) is 30.3 Å². The van der Waals surface area contributed by atoms with Crippen LogP contribution in [0.15, 0.2) is 41.3 Å². The number of nitrogens with zero attached hydrogens (tertiary/aromatic N) is 1. The Balaban J connectivity index is 1.69. The number of amides is 1. The quantitative estimate of drug-likeness (QED) is 0.917. The molecule has 5 heteroatoms. The largest absolute Gasteiger partial charge is 0.349 e. The summed E-state index contributed by atoms with van der Waals surface area (Å²) in [4.78, 5) is 28.6. The minimum Gasteiger partial charge on any atom is -0.349 e. The maximum atomic E-state index is 12.2. The predicted octanol–water partition coefficient (Wildman–Crippen LogP) is 3.27. The lowest BCUT2D eigenvalue weighted by molar-refractivity contribution is -0.122. The van der Waals surface area contributed by atoms with E-state index in [9.17, 15) is 9.59 Å². The van der Waals surface area contributed by atoms with Crippen LogP contribution >= 0.6 is 11.3 Å². The third-order valence-corrected chi connectivity index (χ3v) is 4.83. The minimum absolute atomic E-state index is 0.0871. The average molecular weight is 326 g/mol. The molecule has 1 N–H and O–H groups in total. The van der Waals surface area contributed by atoms with E-state index in [0.717, 1.165) is 28.3 Å². The van der Waals surface area contributed by atoms with Gasteiger partial charge in [-0.2, -0.15) is 0 Å². The molecule has 118 valence electrons. The van der Waals surface area contributed by atoms with E-state index in [2.05, 4.69) is 10.3 Å². The van der Waals surface area contributed by atoms with Crippen molar-refractivity contribution in [2.24, 2.45) is 0 Å². The summed E-state index contributed by atoms with van der Waals surface area (Å²) in [6.07, 6.45) is 1.36. The number of nitrogens with one attached hydrogen (secondary N) is 1. The SMILES string of the molecule is Cc1csc(CNC(=O)CC2=C(c3ccccc3)CCC2=O)n1. The van der Waals surface area contributed by atoms with Crippen LogP contribution in [0.1, 0.15) is 35.5 Å². The summed E-state index contributed by atoms with van der Waals surface area (Å²) >= 11 is 1.53. The second-order valence-corrected chi connectivity index (χ2v) is 6.53. The van der Waals surface area contributed by atoms with Crippen molar-refractivity contribution < 1.29 is 9.59 Å². The molecule has 1 amide bonds. The van der Waals surface area contributed by atoms with Gasteiger partial charge in [0.25, 0.3) is 0 Å². The molecule has 1 aliphatic carbocycles. The summed E-state index contributed by atoms with van der Waals surface area (Å²) in [7, 11) is 0. The lowest BCUT2D eigenvalue weighted by Gasteiger charge is -2.07. The van der Waals surface area contributed by atoms with Gasteiger partial charge in [-0.25, -0.2) is 4.98 Å². The Labute approximate surface area is 139 Å². The number of carbonyl (C=O) groups excluding carboxylic acids is 2. The maximum Gasteiger partial charge on any atom is 0.224 e. The van der Waals surface area contributed by atoms with E-state index in [4.69, 9.17) is 0 Å². The molecular formula is C18H18N2O2S. The fourth-order valence-electron chi connectivity index (χ4n) is 2.75. The van der Waals surface area contributed by atoms with E-state index in [0.29, 0.717) is 18.5 Å². The summed E-state index contributed by atoms with van der Waals surface area (Å²) in [5.41, 5.74) is 3.66. The Hall–Kier alpha value is -2.27. The smallest absolute Gasteiger partial charge is 0.224 e. The molecule has 3 rings (SSSR count). The van der Waals surface area contributed by atoms with Crippen molar-refractivity contribution in [3.8, 4) is 0 Å². The number of benzene rings is 1. The molecule has 1 aromatic heterocycles. The predicted molar refractivity (Wildman–Crippen MR) is 90.9 cm³/mol. The van der Waals surface area contributed by atoms with Gasteiger partial charge >= 0.3 is 0 Å². The van der Waals surface area contributed by atoms with Gasteiger partial charge in [-0.05, 0) is 24.5 Å². The van der Waals surface area contributed by atoms with Crippen LogP contribution in [0.2, 0.25) is 0 Å². The molecule has 0 aliphatic heterocycles. The molecule has 0 fully saturated rings. The topological polar surface area (TPSA) is 59.1 Å². The molecule has 0 radical (unpaired) electrons. The number of hydrogen-bond acceptors (Lipinski definition) is 4. The Bertz CT molecular complexity index is 762. The zero-order valence-electron chi connectivity index (χ0n) is 13.0. The molecular weight excluding hydrogens is 308 g/mol. The van der Waals surface area contributed by atoms with Crippen LogP contribution in [0, 0.1) is 6.92 Å². The fraction of sp³-hybridized carbons (Fsp3) is 0.278. The van der Waals surface area contributed by atoms with Gasteiger partial charge in [0.2, 0.25) is 5.91 Å². The van der Waals surface area contributed by atoms with Crippen LogP contribution < -0.4 is 5.32 Å². The van der Waals surface area contributed by atoms with Crippen LogP contribution in [0.3, 0.4) is 0 Å². The van der Waals surface area contributed by atoms with E-state index in [-0.39, 0.29) is 18.1 Å². The number of ketones is 1. The van der Waals surface area contributed by atoms with Crippen LogP contribution in [-0.2, 0) is 16.1 Å². The standard InChI is InChI=1S/C18H18N2O2S/c1-12-11-23-18(20-12)10-19-17(22)9-15-14(7-8-16(15)21)13-5-3-2-4-6-13/h2-6,11H,7-10H2,1H3,(H,19,22). The van der Waals surface area contributed by atoms with Gasteiger partial charge in [0.15, 0.2) is 5.78 Å². The summed E-state index contributed by atoms with van der Waals surface area (Å²) < 4.78 is 0. The molecule has 0 saturated carbocycles. The molecule has 1 heterocycles. The normalized spacial score (nSPS) is 14.4. The van der Waals surface area contributed by atoms with Crippen molar-refractivity contribution in [3.63, 3.8) is 0 Å². The maximum absolute atomic E-state index is 12.2. The van der Waals surface area contributed by atoms with Crippen molar-refractivity contribution in [1.29, 1.82) is 0 Å². The molecule has 4 nitrogen and oxygen atoms in total. The molecule has 0 unspecified atom stereocenters. The Kier molecular flexibility index (Phi) is 4.67. The first-order chi connectivity index (χ1) is 11.1. The highest BCUT2D eigenvalue weighted by Crippen LogP contribution is 2.33. The van der Waals surface area contributed by atoms with E-state index >= 15 is 0 Å². The Morgan fingerprint density at radius 3 is 2.74 bits per heavy atom. The number of Topliss-reactive ketones (excluding diaryl/α,β-unsaturated/α-hetero) is 1. The minimum atomic E-state index is -0.128. The van der Waals surface area contributed by atoms with Crippen LogP contribution in [-0.4, -0.2) is 16.7 Å². The first kappa shape index (κ1) is 15.6. The van der Waals surface area contributed by atoms with Gasteiger partial charge in [0.05, 0.1) is 13.0 Å². The number of hydrogen-bond donors (Lipinski definition) is 1. The van der Waals surface area contributed by atoms with Crippen molar-refractivity contribution >= 4 is 28.6 Å². The molecule has 0 spiro atoms. The van der Waals surface area contributed by atoms with Gasteiger partial charge in [-0.15, -0.1) is 11.3 Å². The fourth-order valence-corrected chi connectivity index (χ4v) is 3.46. The average Bonchev–Trinajstić information content (AvgIpc) is 3.13. The van der Waals surface area contributed by atoms with Crippen LogP contribution in [0.25, 0.3) is 5.57 Å². The summed E-state index contributed by atoms with van der Waals surface area (Å²) in [5, 5.41) is 5.69. The lowest BCUT2D eigenvalue weighted by Crippen LogP contribution is -2.23. The highest BCUT2D eigenvalue weighted by molar-refractivity contribution is 7.09. The highest BCUT2D eigenvalue weighted by atomic mass is 32.1. The third kappa shape index (κ3) is 3.74. The summed E-state index contributed by atoms with van der Waals surface area (Å²) in [5.74, 6) is -0.0411. The number of allylic oxidation sites excluding steroid dienone is 1. The molecule has 0 atom stereocenters. The van der Waals surface area contributed by atoms with E-state index < -0.39 is 0 Å². The van der Waals surface area contributed by atoms with Crippen molar-refractivity contribution in [2.45, 2.75) is 32.7 Å². The van der Waals surface area contributed by atoms with Crippen molar-refractivity contribution in [3.05, 3.63) is 57.6 Å². The van der Waals surface area contributed by atoms with Gasteiger partial charge in [0, 0.05) is 23.1 Å². The monoisotopic (exact) mass is 326 g/mol. The number of carbonyl (C=O) groups is 2. The number of aromatic nitrogens is 1. The van der Waals surface area contributed by atoms with Gasteiger partial charge < -0.3 is 5.32 Å². The molecule has 2 aromatic rings. The first-order valence-electron chi connectivity index (χ1n) is 7.62.